The van der Waals surface area contributed by atoms with Gasteiger partial charge in [-0.2, -0.15) is 5.48 Å². The van der Waals surface area contributed by atoms with E-state index in [1.807, 2.05) is 24.8 Å². The van der Waals surface area contributed by atoms with Crippen LogP contribution < -0.4 is 5.48 Å². The van der Waals surface area contributed by atoms with Crippen LogP contribution in [0.25, 0.3) is 0 Å². The van der Waals surface area contributed by atoms with E-state index in [2.05, 4.69) is 5.48 Å². The number of esters is 1. The van der Waals surface area contributed by atoms with Crippen molar-refractivity contribution >= 4 is 5.97 Å². The van der Waals surface area contributed by atoms with Crippen molar-refractivity contribution in [2.24, 2.45) is 0 Å². The Kier molecular flexibility index (Phi) is 7.17. The minimum atomic E-state index is -0.324. The SMILES string of the molecule is COC(=O)C1=CN(CCNOOC(C)C)CCC=C1. The molecule has 0 atom stereocenters. The predicted octanol–water partition coefficient (Wildman–Crippen LogP) is 1.17. The van der Waals surface area contributed by atoms with Crippen molar-refractivity contribution in [3.63, 3.8) is 0 Å². The molecule has 0 amide bonds. The third-order valence-electron chi connectivity index (χ3n) is 2.42. The number of carbonyl (C=O) groups excluding carboxylic acids is 1. The standard InChI is InChI=1S/C13H22N2O4/c1-11(2)18-19-14-7-9-15-8-5-4-6-12(10-15)13(16)17-3/h4,6,10-11,14H,5,7-9H2,1-3H3. The Bertz CT molecular complexity index is 340. The number of nitrogens with zero attached hydrogens (tertiary/aromatic N) is 1. The summed E-state index contributed by atoms with van der Waals surface area (Å²) in [5, 5.41) is 0. The van der Waals surface area contributed by atoms with Gasteiger partial charge in [-0.05, 0) is 20.3 Å². The molecular formula is C13H22N2O4. The maximum atomic E-state index is 11.5. The largest absolute Gasteiger partial charge is 0.465 e. The number of carbonyl (C=O) groups is 1. The highest BCUT2D eigenvalue weighted by atomic mass is 17.3. The molecule has 1 heterocycles. The van der Waals surface area contributed by atoms with Crippen LogP contribution in [0.2, 0.25) is 0 Å². The van der Waals surface area contributed by atoms with Gasteiger partial charge in [0.25, 0.3) is 0 Å². The molecule has 0 saturated carbocycles. The van der Waals surface area contributed by atoms with Crippen molar-refractivity contribution in [3.05, 3.63) is 23.9 Å². The van der Waals surface area contributed by atoms with E-state index in [0.29, 0.717) is 18.7 Å². The van der Waals surface area contributed by atoms with E-state index < -0.39 is 0 Å². The van der Waals surface area contributed by atoms with Gasteiger partial charge in [-0.3, -0.25) is 0 Å². The van der Waals surface area contributed by atoms with Crippen LogP contribution in [0.3, 0.4) is 0 Å². The van der Waals surface area contributed by atoms with Gasteiger partial charge < -0.3 is 9.64 Å². The molecule has 1 aliphatic rings. The Labute approximate surface area is 113 Å². The summed E-state index contributed by atoms with van der Waals surface area (Å²) in [6.45, 7) is 5.92. The van der Waals surface area contributed by atoms with Crippen molar-refractivity contribution in [1.82, 2.24) is 10.4 Å². The number of ether oxygens (including phenoxy) is 1. The minimum absolute atomic E-state index is 0.0145. The van der Waals surface area contributed by atoms with Gasteiger partial charge in [-0.15, -0.1) is 4.99 Å². The van der Waals surface area contributed by atoms with E-state index >= 15 is 0 Å². The zero-order valence-electron chi connectivity index (χ0n) is 11.7. The second-order valence-electron chi connectivity index (χ2n) is 4.43. The molecule has 0 bridgehead atoms. The number of hydroxylamine groups is 1. The summed E-state index contributed by atoms with van der Waals surface area (Å²) in [6, 6.07) is 0. The van der Waals surface area contributed by atoms with Crippen molar-refractivity contribution in [1.29, 1.82) is 0 Å². The van der Waals surface area contributed by atoms with Crippen LogP contribution in [0, 0.1) is 0 Å². The molecule has 0 aromatic rings. The number of hydrogen-bond donors (Lipinski definition) is 1. The highest BCUT2D eigenvalue weighted by Gasteiger charge is 2.11. The van der Waals surface area contributed by atoms with E-state index in [1.54, 1.807) is 12.3 Å². The van der Waals surface area contributed by atoms with E-state index in [0.717, 1.165) is 13.0 Å². The van der Waals surface area contributed by atoms with Crippen molar-refractivity contribution in [3.8, 4) is 0 Å². The topological polar surface area (TPSA) is 60.0 Å². The number of methoxy groups -OCH3 is 1. The summed E-state index contributed by atoms with van der Waals surface area (Å²) in [5.74, 6) is -0.324. The lowest BCUT2D eigenvalue weighted by atomic mass is 10.2. The summed E-state index contributed by atoms with van der Waals surface area (Å²) in [7, 11) is 1.38. The van der Waals surface area contributed by atoms with Gasteiger partial charge in [0.05, 0.1) is 18.8 Å². The second-order valence-corrected chi connectivity index (χ2v) is 4.43. The molecule has 6 heteroatoms. The first kappa shape index (κ1) is 15.7. The molecular weight excluding hydrogens is 248 g/mol. The highest BCUT2D eigenvalue weighted by molar-refractivity contribution is 5.91. The monoisotopic (exact) mass is 270 g/mol. The van der Waals surface area contributed by atoms with Crippen molar-refractivity contribution in [2.45, 2.75) is 26.4 Å². The Hall–Kier alpha value is -1.37. The van der Waals surface area contributed by atoms with E-state index in [1.165, 1.54) is 7.11 Å². The summed E-state index contributed by atoms with van der Waals surface area (Å²) in [5.41, 5.74) is 3.27. The van der Waals surface area contributed by atoms with Crippen molar-refractivity contribution in [2.75, 3.05) is 26.7 Å². The maximum Gasteiger partial charge on any atom is 0.339 e. The first-order chi connectivity index (χ1) is 9.13. The summed E-state index contributed by atoms with van der Waals surface area (Å²) in [4.78, 5) is 23.2. The molecule has 1 rings (SSSR count). The van der Waals surface area contributed by atoms with Crippen LogP contribution in [-0.4, -0.2) is 43.7 Å². The lowest BCUT2D eigenvalue weighted by Crippen LogP contribution is -2.30. The molecule has 0 radical (unpaired) electrons. The lowest BCUT2D eigenvalue weighted by Gasteiger charge is -2.19. The van der Waals surface area contributed by atoms with Gasteiger partial charge in [0.2, 0.25) is 0 Å². The number of hydrogen-bond acceptors (Lipinski definition) is 6. The zero-order valence-corrected chi connectivity index (χ0v) is 11.7. The Balaban J connectivity index is 2.34. The van der Waals surface area contributed by atoms with Gasteiger partial charge in [-0.1, -0.05) is 12.2 Å². The fraction of sp³-hybridized carbons (Fsp3) is 0.615. The van der Waals surface area contributed by atoms with Crippen LogP contribution in [-0.2, 0) is 19.4 Å². The van der Waals surface area contributed by atoms with Crippen LogP contribution in [0.4, 0.5) is 0 Å². The smallest absolute Gasteiger partial charge is 0.339 e. The average Bonchev–Trinajstić information content (AvgIpc) is 2.62. The summed E-state index contributed by atoms with van der Waals surface area (Å²) >= 11 is 0. The normalized spacial score (nSPS) is 15.4. The molecule has 0 aromatic heterocycles. The van der Waals surface area contributed by atoms with Gasteiger partial charge in [0.1, 0.15) is 0 Å². The van der Waals surface area contributed by atoms with E-state index in [-0.39, 0.29) is 12.1 Å². The number of rotatable bonds is 7. The van der Waals surface area contributed by atoms with Gasteiger partial charge in [-0.25, -0.2) is 9.68 Å². The molecule has 1 N–H and O–H groups in total. The highest BCUT2D eigenvalue weighted by Crippen LogP contribution is 2.09. The molecule has 6 nitrogen and oxygen atoms in total. The molecule has 0 spiro atoms. The summed E-state index contributed by atoms with van der Waals surface area (Å²) < 4.78 is 4.72. The second kappa shape index (κ2) is 8.68. The maximum absolute atomic E-state index is 11.5. The van der Waals surface area contributed by atoms with Gasteiger partial charge in [0, 0.05) is 25.8 Å². The number of nitrogens with one attached hydrogen (secondary N) is 1. The van der Waals surface area contributed by atoms with E-state index in [4.69, 9.17) is 14.6 Å². The Morgan fingerprint density at radius 1 is 1.53 bits per heavy atom. The Morgan fingerprint density at radius 3 is 3.00 bits per heavy atom. The van der Waals surface area contributed by atoms with Gasteiger partial charge >= 0.3 is 5.97 Å². The first-order valence-electron chi connectivity index (χ1n) is 6.39. The molecule has 19 heavy (non-hydrogen) atoms. The minimum Gasteiger partial charge on any atom is -0.465 e. The third-order valence-corrected chi connectivity index (χ3v) is 2.42. The molecule has 0 unspecified atom stereocenters. The van der Waals surface area contributed by atoms with Crippen LogP contribution in [0.5, 0.6) is 0 Å². The zero-order chi connectivity index (χ0) is 14.1. The molecule has 108 valence electrons. The Morgan fingerprint density at radius 2 is 2.32 bits per heavy atom. The molecule has 0 aliphatic carbocycles. The van der Waals surface area contributed by atoms with Crippen molar-refractivity contribution < 1.29 is 19.4 Å². The predicted molar refractivity (Wildman–Crippen MR) is 70.7 cm³/mol. The van der Waals surface area contributed by atoms with Crippen LogP contribution in [0.1, 0.15) is 20.3 Å². The van der Waals surface area contributed by atoms with E-state index in [9.17, 15) is 4.79 Å². The first-order valence-corrected chi connectivity index (χ1v) is 6.39. The fourth-order valence-electron chi connectivity index (χ4n) is 1.53. The molecule has 0 fully saturated rings. The molecule has 1 aliphatic heterocycles. The summed E-state index contributed by atoms with van der Waals surface area (Å²) in [6.07, 6.45) is 6.47. The van der Waals surface area contributed by atoms with Crippen LogP contribution in [0.15, 0.2) is 23.9 Å². The molecule has 0 aromatic carbocycles. The quantitative estimate of drug-likeness (QED) is 0.324. The molecule has 0 saturated heterocycles. The fourth-order valence-corrected chi connectivity index (χ4v) is 1.53. The van der Waals surface area contributed by atoms with Crippen LogP contribution >= 0.6 is 0 Å². The third kappa shape index (κ3) is 6.37. The lowest BCUT2D eigenvalue weighted by molar-refractivity contribution is -0.355. The average molecular weight is 270 g/mol. The van der Waals surface area contributed by atoms with Gasteiger partial charge in [0.15, 0.2) is 0 Å².